The summed E-state index contributed by atoms with van der Waals surface area (Å²) in [5, 5.41) is 0. The highest BCUT2D eigenvalue weighted by Crippen LogP contribution is 2.16. The number of methoxy groups -OCH3 is 1. The van der Waals surface area contributed by atoms with E-state index in [1.165, 1.54) is 6.42 Å². The molecule has 3 nitrogen and oxygen atoms in total. The second kappa shape index (κ2) is 8.42. The van der Waals surface area contributed by atoms with Crippen LogP contribution in [0.25, 0.3) is 6.08 Å². The van der Waals surface area contributed by atoms with Gasteiger partial charge in [-0.2, -0.15) is 0 Å². The average molecular weight is 299 g/mol. The van der Waals surface area contributed by atoms with Crippen LogP contribution in [0.2, 0.25) is 0 Å². The highest BCUT2D eigenvalue weighted by atomic mass is 16.5. The third-order valence-corrected chi connectivity index (χ3v) is 3.98. The molecular formula is C19H25NO2. The number of allylic oxidation sites excluding steroid dienone is 2. The van der Waals surface area contributed by atoms with Crippen molar-refractivity contribution in [2.45, 2.75) is 32.6 Å². The van der Waals surface area contributed by atoms with E-state index in [-0.39, 0.29) is 5.91 Å². The second-order valence-corrected chi connectivity index (χ2v) is 5.57. The van der Waals surface area contributed by atoms with Crippen molar-refractivity contribution in [3.63, 3.8) is 0 Å². The van der Waals surface area contributed by atoms with Gasteiger partial charge in [0.2, 0.25) is 5.91 Å². The van der Waals surface area contributed by atoms with Crippen LogP contribution in [-0.4, -0.2) is 31.0 Å². The van der Waals surface area contributed by atoms with Crippen molar-refractivity contribution in [1.29, 1.82) is 0 Å². The van der Waals surface area contributed by atoms with E-state index in [0.29, 0.717) is 0 Å². The molecule has 0 N–H and O–H groups in total. The first-order valence-corrected chi connectivity index (χ1v) is 8.04. The lowest BCUT2D eigenvalue weighted by Crippen LogP contribution is -2.34. The zero-order valence-electron chi connectivity index (χ0n) is 13.5. The van der Waals surface area contributed by atoms with Gasteiger partial charge in [0, 0.05) is 19.2 Å². The van der Waals surface area contributed by atoms with Gasteiger partial charge >= 0.3 is 0 Å². The van der Waals surface area contributed by atoms with Gasteiger partial charge in [-0.3, -0.25) is 4.79 Å². The van der Waals surface area contributed by atoms with Gasteiger partial charge in [-0.25, -0.2) is 0 Å². The Morgan fingerprint density at radius 2 is 1.82 bits per heavy atom. The Bertz CT molecular complexity index is 537. The van der Waals surface area contributed by atoms with E-state index in [9.17, 15) is 4.79 Å². The Hall–Kier alpha value is -2.03. The quantitative estimate of drug-likeness (QED) is 0.606. The minimum Gasteiger partial charge on any atom is -0.497 e. The Kier molecular flexibility index (Phi) is 6.26. The summed E-state index contributed by atoms with van der Waals surface area (Å²) in [5.41, 5.74) is 2.27. The molecule has 1 saturated heterocycles. The monoisotopic (exact) mass is 299 g/mol. The maximum Gasteiger partial charge on any atom is 0.246 e. The molecule has 0 saturated carbocycles. The van der Waals surface area contributed by atoms with Crippen molar-refractivity contribution in [1.82, 2.24) is 4.90 Å². The normalized spacial score (nSPS) is 16.1. The number of nitrogens with zero attached hydrogens (tertiary/aromatic N) is 1. The van der Waals surface area contributed by atoms with E-state index in [0.717, 1.165) is 49.2 Å². The Morgan fingerprint density at radius 3 is 2.41 bits per heavy atom. The number of piperidine rings is 1. The summed E-state index contributed by atoms with van der Waals surface area (Å²) < 4.78 is 5.16. The molecule has 1 aromatic rings. The van der Waals surface area contributed by atoms with E-state index in [4.69, 9.17) is 4.74 Å². The van der Waals surface area contributed by atoms with Crippen molar-refractivity contribution < 1.29 is 9.53 Å². The number of likely N-dealkylation sites (tertiary alicyclic amines) is 1. The molecule has 22 heavy (non-hydrogen) atoms. The molecule has 1 fully saturated rings. The predicted octanol–water partition coefficient (Wildman–Crippen LogP) is 4.06. The first-order chi connectivity index (χ1) is 10.7. The number of carbonyl (C=O) groups is 1. The van der Waals surface area contributed by atoms with Gasteiger partial charge in [-0.1, -0.05) is 31.2 Å². The third kappa shape index (κ3) is 4.76. The number of hydrogen-bond donors (Lipinski definition) is 0. The Balaban J connectivity index is 2.01. The molecule has 1 aliphatic heterocycles. The van der Waals surface area contributed by atoms with Gasteiger partial charge in [0.05, 0.1) is 7.11 Å². The number of benzene rings is 1. The van der Waals surface area contributed by atoms with Crippen molar-refractivity contribution in [3.05, 3.63) is 47.6 Å². The summed E-state index contributed by atoms with van der Waals surface area (Å²) in [6.07, 6.45) is 10.2. The topological polar surface area (TPSA) is 29.5 Å². The highest BCUT2D eigenvalue weighted by molar-refractivity contribution is 5.88. The summed E-state index contributed by atoms with van der Waals surface area (Å²) in [6, 6.07) is 7.94. The molecule has 1 aromatic carbocycles. The van der Waals surface area contributed by atoms with E-state index in [1.54, 1.807) is 13.2 Å². The molecule has 3 heteroatoms. The van der Waals surface area contributed by atoms with Gasteiger partial charge in [-0.05, 0) is 49.0 Å². The van der Waals surface area contributed by atoms with Gasteiger partial charge < -0.3 is 9.64 Å². The van der Waals surface area contributed by atoms with Crippen molar-refractivity contribution >= 4 is 12.0 Å². The van der Waals surface area contributed by atoms with Gasteiger partial charge in [0.1, 0.15) is 5.75 Å². The molecule has 1 aliphatic rings. The standard InChI is InChI=1S/C19H25NO2/c1-3-16(15-17-7-10-18(22-2)11-8-17)9-12-19(21)20-13-5-4-6-14-20/h7-12,15H,3-6,13-14H2,1-2H3/b12-9+,16-15+. The maximum atomic E-state index is 12.1. The third-order valence-electron chi connectivity index (χ3n) is 3.98. The minimum absolute atomic E-state index is 0.133. The molecule has 0 spiro atoms. The Morgan fingerprint density at radius 1 is 1.14 bits per heavy atom. The molecule has 0 unspecified atom stereocenters. The molecule has 2 rings (SSSR count). The van der Waals surface area contributed by atoms with Crippen LogP contribution in [0.4, 0.5) is 0 Å². The first-order valence-electron chi connectivity index (χ1n) is 8.04. The molecule has 0 aliphatic carbocycles. The molecule has 0 aromatic heterocycles. The van der Waals surface area contributed by atoms with Crippen LogP contribution >= 0.6 is 0 Å². The van der Waals surface area contributed by atoms with Crippen molar-refractivity contribution in [3.8, 4) is 5.75 Å². The van der Waals surface area contributed by atoms with Crippen LogP contribution in [0.15, 0.2) is 42.0 Å². The number of carbonyl (C=O) groups excluding carboxylic acids is 1. The predicted molar refractivity (Wildman–Crippen MR) is 90.8 cm³/mol. The molecular weight excluding hydrogens is 274 g/mol. The fraction of sp³-hybridized carbons (Fsp3) is 0.421. The van der Waals surface area contributed by atoms with Gasteiger partial charge in [0.25, 0.3) is 0 Å². The van der Waals surface area contributed by atoms with E-state index in [2.05, 4.69) is 13.0 Å². The Labute approximate surface area is 133 Å². The van der Waals surface area contributed by atoms with E-state index in [1.807, 2.05) is 35.2 Å². The van der Waals surface area contributed by atoms with Crippen molar-refractivity contribution in [2.24, 2.45) is 0 Å². The molecule has 0 atom stereocenters. The number of hydrogen-bond acceptors (Lipinski definition) is 2. The van der Waals surface area contributed by atoms with Gasteiger partial charge in [-0.15, -0.1) is 0 Å². The molecule has 0 radical (unpaired) electrons. The van der Waals surface area contributed by atoms with E-state index < -0.39 is 0 Å². The lowest BCUT2D eigenvalue weighted by Gasteiger charge is -2.25. The van der Waals surface area contributed by atoms with Crippen LogP contribution in [0.1, 0.15) is 38.2 Å². The molecule has 1 amide bonds. The fourth-order valence-corrected chi connectivity index (χ4v) is 2.58. The zero-order valence-corrected chi connectivity index (χ0v) is 13.5. The summed E-state index contributed by atoms with van der Waals surface area (Å²) >= 11 is 0. The van der Waals surface area contributed by atoms with Crippen LogP contribution in [-0.2, 0) is 4.79 Å². The largest absolute Gasteiger partial charge is 0.497 e. The van der Waals surface area contributed by atoms with Crippen LogP contribution < -0.4 is 4.74 Å². The van der Waals surface area contributed by atoms with Crippen LogP contribution in [0.5, 0.6) is 5.75 Å². The fourth-order valence-electron chi connectivity index (χ4n) is 2.58. The van der Waals surface area contributed by atoms with E-state index >= 15 is 0 Å². The minimum atomic E-state index is 0.133. The maximum absolute atomic E-state index is 12.1. The molecule has 1 heterocycles. The van der Waals surface area contributed by atoms with Crippen LogP contribution in [0, 0.1) is 0 Å². The summed E-state index contributed by atoms with van der Waals surface area (Å²) in [4.78, 5) is 14.1. The SMILES string of the molecule is CCC(/C=C/C(=O)N1CCCCC1)=C\c1ccc(OC)cc1. The van der Waals surface area contributed by atoms with Crippen LogP contribution in [0.3, 0.4) is 0 Å². The smallest absolute Gasteiger partial charge is 0.246 e. The summed E-state index contributed by atoms with van der Waals surface area (Å²) in [6.45, 7) is 3.89. The number of rotatable bonds is 5. The zero-order chi connectivity index (χ0) is 15.8. The highest BCUT2D eigenvalue weighted by Gasteiger charge is 2.13. The second-order valence-electron chi connectivity index (χ2n) is 5.57. The lowest BCUT2D eigenvalue weighted by atomic mass is 10.1. The number of ether oxygens (including phenoxy) is 1. The average Bonchev–Trinajstić information content (AvgIpc) is 2.59. The molecule has 118 valence electrons. The lowest BCUT2D eigenvalue weighted by molar-refractivity contribution is -0.126. The summed E-state index contributed by atoms with van der Waals surface area (Å²) in [5.74, 6) is 0.986. The van der Waals surface area contributed by atoms with Crippen molar-refractivity contribution in [2.75, 3.05) is 20.2 Å². The van der Waals surface area contributed by atoms with Gasteiger partial charge in [0.15, 0.2) is 0 Å². The summed E-state index contributed by atoms with van der Waals surface area (Å²) in [7, 11) is 1.66. The number of amides is 1. The first kappa shape index (κ1) is 16.3. The molecule has 0 bridgehead atoms.